The second-order valence-electron chi connectivity index (χ2n) is 3.41. The highest BCUT2D eigenvalue weighted by Gasteiger charge is 2.43. The zero-order valence-corrected chi connectivity index (χ0v) is 7.67. The third-order valence-electron chi connectivity index (χ3n) is 1.95. The van der Waals surface area contributed by atoms with Gasteiger partial charge in [-0.15, -0.1) is 0 Å². The molecular weight excluding hydrogens is 192 g/mol. The van der Waals surface area contributed by atoms with E-state index in [1.165, 1.54) is 0 Å². The first-order chi connectivity index (χ1) is 7.31. The van der Waals surface area contributed by atoms with Gasteiger partial charge in [0.15, 0.2) is 0 Å². The molecule has 0 radical (unpaired) electrons. The molecule has 4 atom stereocenters. The first-order valence-corrected chi connectivity index (χ1v) is 3.92. The van der Waals surface area contributed by atoms with Crippen LogP contribution in [0.15, 0.2) is 0 Å². The number of rotatable bonds is 5. The summed E-state index contributed by atoms with van der Waals surface area (Å²) >= 11 is 0. The Balaban J connectivity index is 4.90. The van der Waals surface area contributed by atoms with Crippen molar-refractivity contribution in [3.63, 3.8) is 0 Å². The van der Waals surface area contributed by atoms with Crippen molar-refractivity contribution >= 4 is 0 Å². The van der Waals surface area contributed by atoms with Crippen molar-refractivity contribution in [2.75, 3.05) is 13.2 Å². The molecule has 0 saturated carbocycles. The Morgan fingerprint density at radius 1 is 1.00 bits per heavy atom. The molecule has 0 amide bonds. The van der Waals surface area contributed by atoms with Gasteiger partial charge in [-0.3, -0.25) is 0 Å². The normalized spacial score (nSPS) is 26.7. The zero-order chi connectivity index (χ0) is 13.0. The lowest BCUT2D eigenvalue weighted by molar-refractivity contribution is -0.193. The summed E-state index contributed by atoms with van der Waals surface area (Å²) in [7, 11) is 0. The van der Waals surface area contributed by atoms with Crippen LogP contribution in [0.3, 0.4) is 0 Å². The van der Waals surface area contributed by atoms with E-state index in [0.29, 0.717) is 0 Å². The van der Waals surface area contributed by atoms with Crippen molar-refractivity contribution in [1.29, 1.82) is 0 Å². The maximum atomic E-state index is 9.52. The fraction of sp³-hybridized carbons (Fsp3) is 1.00. The van der Waals surface area contributed by atoms with Gasteiger partial charge >= 0.3 is 0 Å². The Morgan fingerprint density at radius 2 is 1.29 bits per heavy atom. The van der Waals surface area contributed by atoms with Gasteiger partial charge in [-0.2, -0.15) is 0 Å². The van der Waals surface area contributed by atoms with Crippen LogP contribution in [0.2, 0.25) is 0 Å². The molecule has 0 aromatic carbocycles. The van der Waals surface area contributed by atoms with E-state index in [2.05, 4.69) is 0 Å². The fourth-order valence-corrected chi connectivity index (χ4v) is 0.775. The summed E-state index contributed by atoms with van der Waals surface area (Å²) in [5.74, 6) is 0. The summed E-state index contributed by atoms with van der Waals surface area (Å²) in [4.78, 5) is 0. The lowest BCUT2D eigenvalue weighted by Gasteiger charge is -2.36. The topological polar surface area (TPSA) is 121 Å². The Kier molecular flexibility index (Phi) is 3.32. The van der Waals surface area contributed by atoms with Crippen LogP contribution in [0.25, 0.3) is 0 Å². The van der Waals surface area contributed by atoms with Crippen LogP contribution < -0.4 is 0 Å². The lowest BCUT2D eigenvalue weighted by Crippen LogP contribution is -2.58. The molecule has 0 aromatic heterocycles. The van der Waals surface area contributed by atoms with E-state index in [-0.39, 0.29) is 0 Å². The van der Waals surface area contributed by atoms with Crippen molar-refractivity contribution in [2.45, 2.75) is 37.2 Å². The quantitative estimate of drug-likeness (QED) is 0.293. The molecule has 14 heavy (non-hydrogen) atoms. The van der Waals surface area contributed by atoms with Gasteiger partial charge < -0.3 is 30.6 Å². The molecule has 0 fully saturated rings. The summed E-state index contributed by atoms with van der Waals surface area (Å²) in [5, 5.41) is 55.6. The Labute approximate surface area is 84.9 Å². The maximum Gasteiger partial charge on any atom is 0.113 e. The van der Waals surface area contributed by atoms with Gasteiger partial charge in [0.2, 0.25) is 0 Å². The van der Waals surface area contributed by atoms with Crippen LogP contribution in [0.1, 0.15) is 16.5 Å². The Bertz CT molecular complexity index is 185. The standard InChI is InChI=1S/C8H18O6/c1-7(13,3-9)5(11)6(12)8(2,14)4-10/h5-6,9-14H,3-4H2,1-2H3/t5-,6-,7-,8+/m0/s1/i1D,2D. The maximum absolute atomic E-state index is 9.52. The van der Waals surface area contributed by atoms with Crippen LogP contribution in [0.4, 0.5) is 0 Å². The summed E-state index contributed by atoms with van der Waals surface area (Å²) < 4.78 is 13.9. The molecule has 0 heterocycles. The van der Waals surface area contributed by atoms with Gasteiger partial charge in [0.05, 0.1) is 13.2 Å². The van der Waals surface area contributed by atoms with Crippen molar-refractivity contribution in [1.82, 2.24) is 0 Å². The van der Waals surface area contributed by atoms with E-state index < -0.39 is 50.4 Å². The van der Waals surface area contributed by atoms with Gasteiger partial charge in [0.25, 0.3) is 0 Å². The number of aliphatic hydroxyl groups is 6. The predicted octanol–water partition coefficient (Wildman–Crippen LogP) is -2.81. The van der Waals surface area contributed by atoms with Crippen LogP contribution in [-0.2, 0) is 0 Å². The molecule has 0 aliphatic carbocycles. The average Bonchev–Trinajstić information content (AvgIpc) is 2.34. The van der Waals surface area contributed by atoms with E-state index in [0.717, 1.165) is 0 Å². The lowest BCUT2D eigenvalue weighted by atomic mass is 9.86. The van der Waals surface area contributed by atoms with Crippen molar-refractivity contribution < 1.29 is 33.4 Å². The van der Waals surface area contributed by atoms with E-state index in [1.807, 2.05) is 0 Å². The molecule has 6 nitrogen and oxygen atoms in total. The summed E-state index contributed by atoms with van der Waals surface area (Å²) in [6, 6.07) is 0. The van der Waals surface area contributed by atoms with Gasteiger partial charge in [-0.1, -0.05) is 0 Å². The van der Waals surface area contributed by atoms with Gasteiger partial charge in [-0.25, -0.2) is 0 Å². The second kappa shape index (κ2) is 4.52. The SMILES string of the molecule is [2H]C[C@@](O)(CO)[C@@H](O)[C@H](O)[C@](O)(C[2H])CO. The fourth-order valence-electron chi connectivity index (χ4n) is 0.775. The minimum atomic E-state index is -2.31. The van der Waals surface area contributed by atoms with Crippen molar-refractivity contribution in [3.8, 4) is 0 Å². The Morgan fingerprint density at radius 3 is 1.43 bits per heavy atom. The van der Waals surface area contributed by atoms with Crippen LogP contribution in [0, 0.1) is 0 Å². The van der Waals surface area contributed by atoms with E-state index in [4.69, 9.17) is 13.0 Å². The monoisotopic (exact) mass is 212 g/mol. The van der Waals surface area contributed by atoms with E-state index in [1.54, 1.807) is 0 Å². The number of hydrogen-bond acceptors (Lipinski definition) is 6. The third-order valence-corrected chi connectivity index (χ3v) is 1.95. The van der Waals surface area contributed by atoms with Crippen LogP contribution >= 0.6 is 0 Å². The molecular formula is C8H18O6. The van der Waals surface area contributed by atoms with Gasteiger partial charge in [-0.05, 0) is 13.8 Å². The largest absolute Gasteiger partial charge is 0.393 e. The van der Waals surface area contributed by atoms with Crippen LogP contribution in [0.5, 0.6) is 0 Å². The molecule has 0 aliphatic heterocycles. The van der Waals surface area contributed by atoms with Crippen LogP contribution in [-0.4, -0.2) is 67.3 Å². The second-order valence-corrected chi connectivity index (χ2v) is 3.41. The summed E-state index contributed by atoms with van der Waals surface area (Å²) in [6.45, 7) is -3.59. The minimum Gasteiger partial charge on any atom is -0.393 e. The van der Waals surface area contributed by atoms with E-state index >= 15 is 0 Å². The molecule has 0 spiro atoms. The predicted molar refractivity (Wildman–Crippen MR) is 47.4 cm³/mol. The van der Waals surface area contributed by atoms with Gasteiger partial charge in [0.1, 0.15) is 23.4 Å². The molecule has 0 aliphatic rings. The molecule has 6 heteroatoms. The minimum absolute atomic E-state index is 0.804. The summed E-state index contributed by atoms with van der Waals surface area (Å²) in [6.07, 6.45) is -4.09. The highest BCUT2D eigenvalue weighted by molar-refractivity contribution is 4.94. The molecule has 0 unspecified atom stereocenters. The third kappa shape index (κ3) is 2.88. The molecule has 0 rings (SSSR count). The Hall–Kier alpha value is -0.240. The molecule has 0 saturated heterocycles. The first-order valence-electron chi connectivity index (χ1n) is 5.34. The number of hydrogen-bond donors (Lipinski definition) is 6. The molecule has 86 valence electrons. The average molecular weight is 212 g/mol. The first kappa shape index (κ1) is 10.3. The zero-order valence-electron chi connectivity index (χ0n) is 9.67. The molecule has 0 aromatic rings. The van der Waals surface area contributed by atoms with E-state index in [9.17, 15) is 20.4 Å². The van der Waals surface area contributed by atoms with Crippen molar-refractivity contribution in [3.05, 3.63) is 0 Å². The van der Waals surface area contributed by atoms with Gasteiger partial charge in [0, 0.05) is 2.74 Å². The highest BCUT2D eigenvalue weighted by atomic mass is 16.4. The molecule has 0 bridgehead atoms. The molecule has 6 N–H and O–H groups in total. The summed E-state index contributed by atoms with van der Waals surface area (Å²) in [5.41, 5.74) is -4.62. The smallest absolute Gasteiger partial charge is 0.113 e. The number of aliphatic hydroxyl groups excluding tert-OH is 4. The van der Waals surface area contributed by atoms with Crippen molar-refractivity contribution in [2.24, 2.45) is 0 Å². The highest BCUT2D eigenvalue weighted by Crippen LogP contribution is 2.20.